The van der Waals surface area contributed by atoms with Crippen molar-refractivity contribution in [1.29, 1.82) is 0 Å². The fourth-order valence-corrected chi connectivity index (χ4v) is 4.60. The van der Waals surface area contributed by atoms with E-state index >= 15 is 0 Å². The summed E-state index contributed by atoms with van der Waals surface area (Å²) in [5.41, 5.74) is 2.26. The minimum Gasteiger partial charge on any atom is -0.461 e. The zero-order valence-electron chi connectivity index (χ0n) is 23.0. The quantitative estimate of drug-likeness (QED) is 0.322. The third-order valence-electron chi connectivity index (χ3n) is 6.45. The van der Waals surface area contributed by atoms with Crippen molar-refractivity contribution in [3.63, 3.8) is 0 Å². The van der Waals surface area contributed by atoms with Crippen molar-refractivity contribution >= 4 is 23.5 Å². The zero-order valence-corrected chi connectivity index (χ0v) is 23.0. The van der Waals surface area contributed by atoms with Crippen LogP contribution >= 0.6 is 0 Å². The van der Waals surface area contributed by atoms with Crippen LogP contribution in [0.4, 0.5) is 15.0 Å². The first kappa shape index (κ1) is 28.0. The highest BCUT2D eigenvalue weighted by Gasteiger charge is 2.31. The van der Waals surface area contributed by atoms with Gasteiger partial charge in [0, 0.05) is 18.7 Å². The molecule has 0 aliphatic carbocycles. The first-order chi connectivity index (χ1) is 18.5. The van der Waals surface area contributed by atoms with Gasteiger partial charge < -0.3 is 19.7 Å². The molecule has 1 fully saturated rings. The van der Waals surface area contributed by atoms with E-state index in [-0.39, 0.29) is 24.4 Å². The second-order valence-corrected chi connectivity index (χ2v) is 10.6. The number of nitrogens with one attached hydrogen (secondary N) is 1. The molecule has 208 valence electrons. The SMILES string of the molecule is C=C(Cc1ncc(F)cc1C1CCCN1c1ccc2ncc(C(=O)OCC)n2n1)[C@@H](C)NC(=O)OC(C)(C)C. The maximum Gasteiger partial charge on any atom is 0.408 e. The number of rotatable bonds is 8. The number of carbonyl (C=O) groups excluding carboxylic acids is 2. The molecule has 11 heteroatoms. The summed E-state index contributed by atoms with van der Waals surface area (Å²) < 4.78 is 26.4. The number of pyridine rings is 1. The first-order valence-corrected chi connectivity index (χ1v) is 13.1. The van der Waals surface area contributed by atoms with Crippen molar-refractivity contribution in [2.24, 2.45) is 0 Å². The number of alkyl carbamates (subject to hydrolysis) is 1. The van der Waals surface area contributed by atoms with Gasteiger partial charge in [-0.3, -0.25) is 4.98 Å². The van der Waals surface area contributed by atoms with Crippen molar-refractivity contribution in [3.05, 3.63) is 65.5 Å². The second-order valence-electron chi connectivity index (χ2n) is 10.6. The monoisotopic (exact) mass is 538 g/mol. The summed E-state index contributed by atoms with van der Waals surface area (Å²) in [6, 6.07) is 4.56. The van der Waals surface area contributed by atoms with Gasteiger partial charge in [0.15, 0.2) is 11.3 Å². The Balaban J connectivity index is 1.58. The van der Waals surface area contributed by atoms with Crippen molar-refractivity contribution in [2.45, 2.75) is 71.6 Å². The van der Waals surface area contributed by atoms with Gasteiger partial charge in [-0.15, -0.1) is 5.10 Å². The molecule has 0 aromatic carbocycles. The van der Waals surface area contributed by atoms with Gasteiger partial charge in [0.1, 0.15) is 17.2 Å². The Morgan fingerprint density at radius 2 is 2.03 bits per heavy atom. The summed E-state index contributed by atoms with van der Waals surface area (Å²) in [7, 11) is 0. The average molecular weight is 539 g/mol. The molecule has 39 heavy (non-hydrogen) atoms. The minimum absolute atomic E-state index is 0.190. The zero-order chi connectivity index (χ0) is 28.3. The second kappa shape index (κ2) is 11.4. The Kier molecular flexibility index (Phi) is 8.17. The lowest BCUT2D eigenvalue weighted by molar-refractivity contribution is 0.0505. The molecular weight excluding hydrogens is 503 g/mol. The molecule has 0 spiro atoms. The number of imidazole rings is 1. The molecule has 3 aromatic heterocycles. The van der Waals surface area contributed by atoms with Gasteiger partial charge in [0.05, 0.1) is 31.1 Å². The molecule has 0 radical (unpaired) electrons. The van der Waals surface area contributed by atoms with E-state index in [1.165, 1.54) is 23.0 Å². The van der Waals surface area contributed by atoms with Gasteiger partial charge in [-0.2, -0.15) is 0 Å². The first-order valence-electron chi connectivity index (χ1n) is 13.1. The van der Waals surface area contributed by atoms with Crippen LogP contribution in [0.15, 0.2) is 42.7 Å². The van der Waals surface area contributed by atoms with Gasteiger partial charge in [0.25, 0.3) is 0 Å². The number of hydrogen-bond donors (Lipinski definition) is 1. The van der Waals surface area contributed by atoms with Crippen molar-refractivity contribution < 1.29 is 23.5 Å². The standard InChI is InChI=1S/C28H35FN6O4/c1-7-38-26(36)23-16-31-24-10-11-25(33-35(23)24)34-12-8-9-22(34)20-14-19(29)15-30-21(20)13-17(2)18(3)32-27(37)39-28(4,5)6/h10-11,14-16,18,22H,2,7-9,12-13H2,1,3-6H3,(H,32,37)/t18-,22?/m1/s1. The number of halogens is 1. The summed E-state index contributed by atoms with van der Waals surface area (Å²) in [5.74, 6) is -0.312. The third kappa shape index (κ3) is 6.52. The molecule has 3 aromatic rings. The fraction of sp³-hybridized carbons (Fsp3) is 0.464. The molecule has 1 N–H and O–H groups in total. The Bertz CT molecular complexity index is 1380. The highest BCUT2D eigenvalue weighted by molar-refractivity contribution is 5.88. The summed E-state index contributed by atoms with van der Waals surface area (Å²) in [6.07, 6.45) is 4.08. The van der Waals surface area contributed by atoms with Gasteiger partial charge in [-0.1, -0.05) is 6.58 Å². The highest BCUT2D eigenvalue weighted by Crippen LogP contribution is 2.37. The smallest absolute Gasteiger partial charge is 0.408 e. The molecule has 1 amide bonds. The number of carbonyl (C=O) groups is 2. The van der Waals surface area contributed by atoms with Crippen LogP contribution in [0.2, 0.25) is 0 Å². The number of ether oxygens (including phenoxy) is 2. The maximum absolute atomic E-state index is 14.5. The third-order valence-corrected chi connectivity index (χ3v) is 6.45. The molecular formula is C28H35FN6O4. The molecule has 1 aliphatic rings. The lowest BCUT2D eigenvalue weighted by Crippen LogP contribution is -2.38. The van der Waals surface area contributed by atoms with Gasteiger partial charge in [-0.05, 0) is 76.8 Å². The average Bonchev–Trinajstić information content (AvgIpc) is 3.51. The Morgan fingerprint density at radius 1 is 1.26 bits per heavy atom. The number of aromatic nitrogens is 4. The largest absolute Gasteiger partial charge is 0.461 e. The highest BCUT2D eigenvalue weighted by atomic mass is 19.1. The van der Waals surface area contributed by atoms with Crippen molar-refractivity contribution in [1.82, 2.24) is 24.9 Å². The predicted molar refractivity (Wildman–Crippen MR) is 144 cm³/mol. The summed E-state index contributed by atoms with van der Waals surface area (Å²) >= 11 is 0. The maximum atomic E-state index is 14.5. The lowest BCUT2D eigenvalue weighted by Gasteiger charge is -2.28. The molecule has 0 bridgehead atoms. The fourth-order valence-electron chi connectivity index (χ4n) is 4.60. The van der Waals surface area contributed by atoms with Crippen LogP contribution in [-0.4, -0.2) is 56.4 Å². The number of nitrogens with zero attached hydrogens (tertiary/aromatic N) is 5. The Morgan fingerprint density at radius 3 is 2.74 bits per heavy atom. The van der Waals surface area contributed by atoms with Gasteiger partial charge >= 0.3 is 12.1 Å². The topological polar surface area (TPSA) is 111 Å². The Hall–Kier alpha value is -4.02. The van der Waals surface area contributed by atoms with Crippen LogP contribution in [0.5, 0.6) is 0 Å². The van der Waals surface area contributed by atoms with E-state index in [0.717, 1.165) is 18.4 Å². The van der Waals surface area contributed by atoms with Crippen LogP contribution < -0.4 is 10.2 Å². The van der Waals surface area contributed by atoms with E-state index in [0.29, 0.717) is 35.7 Å². The minimum atomic E-state index is -0.617. The summed E-state index contributed by atoms with van der Waals surface area (Å²) in [6.45, 7) is 14.0. The van der Waals surface area contributed by atoms with Crippen LogP contribution in [0.3, 0.4) is 0 Å². The molecule has 10 nitrogen and oxygen atoms in total. The van der Waals surface area contributed by atoms with E-state index in [1.807, 2.05) is 13.0 Å². The van der Waals surface area contributed by atoms with Crippen LogP contribution in [0, 0.1) is 5.82 Å². The molecule has 1 saturated heterocycles. The van der Waals surface area contributed by atoms with Crippen LogP contribution in [0.25, 0.3) is 5.65 Å². The van der Waals surface area contributed by atoms with Crippen LogP contribution in [0.1, 0.15) is 75.2 Å². The van der Waals surface area contributed by atoms with Crippen LogP contribution in [-0.2, 0) is 15.9 Å². The van der Waals surface area contributed by atoms with E-state index in [4.69, 9.17) is 9.47 Å². The normalized spacial score (nSPS) is 16.3. The Labute approximate surface area is 227 Å². The number of anilines is 1. The lowest BCUT2D eigenvalue weighted by atomic mass is 9.96. The molecule has 4 heterocycles. The summed E-state index contributed by atoms with van der Waals surface area (Å²) in [4.78, 5) is 35.4. The van der Waals surface area contributed by atoms with Gasteiger partial charge in [0.2, 0.25) is 0 Å². The number of amides is 1. The number of hydrogen-bond acceptors (Lipinski definition) is 8. The number of fused-ring (bicyclic) bond motifs is 1. The number of esters is 1. The van der Waals surface area contributed by atoms with E-state index < -0.39 is 23.5 Å². The molecule has 1 unspecified atom stereocenters. The van der Waals surface area contributed by atoms with E-state index in [2.05, 4.69) is 31.9 Å². The van der Waals surface area contributed by atoms with E-state index in [9.17, 15) is 14.0 Å². The van der Waals surface area contributed by atoms with Crippen molar-refractivity contribution in [2.75, 3.05) is 18.1 Å². The summed E-state index contributed by atoms with van der Waals surface area (Å²) in [5, 5.41) is 7.49. The predicted octanol–water partition coefficient (Wildman–Crippen LogP) is 4.79. The molecule has 0 saturated carbocycles. The van der Waals surface area contributed by atoms with E-state index in [1.54, 1.807) is 33.8 Å². The van der Waals surface area contributed by atoms with Gasteiger partial charge in [-0.25, -0.2) is 23.5 Å². The molecule has 2 atom stereocenters. The molecule has 1 aliphatic heterocycles. The molecule has 4 rings (SSSR count). The van der Waals surface area contributed by atoms with Crippen molar-refractivity contribution in [3.8, 4) is 0 Å².